The molecular weight excluding hydrogens is 300 g/mol. The van der Waals surface area contributed by atoms with Gasteiger partial charge in [-0.2, -0.15) is 0 Å². The third kappa shape index (κ3) is 6.57. The molecule has 1 aromatic carbocycles. The first kappa shape index (κ1) is 18.6. The monoisotopic (exact) mass is 326 g/mol. The van der Waals surface area contributed by atoms with E-state index in [4.69, 9.17) is 13.3 Å². The van der Waals surface area contributed by atoms with E-state index in [1.807, 2.05) is 30.3 Å². The largest absolute Gasteiger partial charge is 0.500 e. The van der Waals surface area contributed by atoms with Gasteiger partial charge in [0.05, 0.1) is 0 Å². The summed E-state index contributed by atoms with van der Waals surface area (Å²) in [6.45, 7) is 1.17. The fourth-order valence-corrected chi connectivity index (χ4v) is 3.81. The van der Waals surface area contributed by atoms with E-state index in [1.54, 1.807) is 21.3 Å². The molecule has 0 aromatic heterocycles. The molecule has 1 rings (SSSR count). The van der Waals surface area contributed by atoms with Crippen LogP contribution >= 0.6 is 0 Å². The van der Waals surface area contributed by atoms with Crippen LogP contribution < -0.4 is 10.6 Å². The maximum atomic E-state index is 11.7. The Hall–Kier alpha value is -1.41. The molecule has 2 amide bonds. The molecule has 0 bridgehead atoms. The maximum absolute atomic E-state index is 11.7. The van der Waals surface area contributed by atoms with Crippen LogP contribution in [0.5, 0.6) is 0 Å². The van der Waals surface area contributed by atoms with Gasteiger partial charge in [-0.25, -0.2) is 4.79 Å². The lowest BCUT2D eigenvalue weighted by molar-refractivity contribution is 0.123. The van der Waals surface area contributed by atoms with Crippen LogP contribution in [0, 0.1) is 0 Å². The molecule has 0 aliphatic heterocycles. The standard InChI is InChI=1S/C15H26N2O4Si/c1-19-22(20-2,21-3)13-7-11-16-15(18)17-12-10-14-8-5-4-6-9-14/h4-6,8-9H,7,10-13H2,1-3H3,(H2,16,17,18). The van der Waals surface area contributed by atoms with Gasteiger partial charge in [-0.05, 0) is 18.4 Å². The van der Waals surface area contributed by atoms with Crippen LogP contribution in [0.3, 0.4) is 0 Å². The minimum absolute atomic E-state index is 0.157. The molecule has 0 fully saturated rings. The number of carbonyl (C=O) groups excluding carboxylic acids is 1. The molecule has 0 radical (unpaired) electrons. The van der Waals surface area contributed by atoms with Crippen molar-refractivity contribution in [3.63, 3.8) is 0 Å². The molecule has 124 valence electrons. The van der Waals surface area contributed by atoms with Crippen molar-refractivity contribution in [3.05, 3.63) is 35.9 Å². The van der Waals surface area contributed by atoms with E-state index in [2.05, 4.69) is 10.6 Å². The van der Waals surface area contributed by atoms with Crippen LogP contribution in [0.2, 0.25) is 6.04 Å². The smallest absolute Gasteiger partial charge is 0.377 e. The first-order chi connectivity index (χ1) is 10.7. The molecule has 7 heteroatoms. The van der Waals surface area contributed by atoms with Crippen molar-refractivity contribution in [1.29, 1.82) is 0 Å². The van der Waals surface area contributed by atoms with Gasteiger partial charge < -0.3 is 23.9 Å². The molecule has 6 nitrogen and oxygen atoms in total. The van der Waals surface area contributed by atoms with E-state index in [0.29, 0.717) is 19.1 Å². The number of nitrogens with one attached hydrogen (secondary N) is 2. The maximum Gasteiger partial charge on any atom is 0.500 e. The minimum Gasteiger partial charge on any atom is -0.377 e. The molecule has 2 N–H and O–H groups in total. The molecule has 0 saturated carbocycles. The molecule has 0 spiro atoms. The number of carbonyl (C=O) groups is 1. The molecule has 0 atom stereocenters. The average Bonchev–Trinajstić information content (AvgIpc) is 2.57. The summed E-state index contributed by atoms with van der Waals surface area (Å²) in [6.07, 6.45) is 1.56. The predicted octanol–water partition coefficient (Wildman–Crippen LogP) is 1.80. The lowest BCUT2D eigenvalue weighted by atomic mass is 10.1. The molecular formula is C15H26N2O4Si. The van der Waals surface area contributed by atoms with Crippen LogP contribution in [-0.2, 0) is 19.7 Å². The summed E-state index contributed by atoms with van der Waals surface area (Å²) >= 11 is 0. The lowest BCUT2D eigenvalue weighted by Gasteiger charge is -2.24. The quantitative estimate of drug-likeness (QED) is 0.508. The summed E-state index contributed by atoms with van der Waals surface area (Å²) < 4.78 is 16.0. The number of urea groups is 1. The van der Waals surface area contributed by atoms with Crippen molar-refractivity contribution in [3.8, 4) is 0 Å². The van der Waals surface area contributed by atoms with Crippen molar-refractivity contribution in [1.82, 2.24) is 10.6 Å². The Labute approximate surface area is 133 Å². The first-order valence-corrected chi connectivity index (χ1v) is 9.30. The van der Waals surface area contributed by atoms with Gasteiger partial charge in [0.2, 0.25) is 0 Å². The highest BCUT2D eigenvalue weighted by Gasteiger charge is 2.36. The Kier molecular flexibility index (Phi) is 8.76. The second-order valence-corrected chi connectivity index (χ2v) is 7.91. The Balaban J connectivity index is 2.13. The molecule has 0 aliphatic carbocycles. The second-order valence-electron chi connectivity index (χ2n) is 4.82. The fraction of sp³-hybridized carbons (Fsp3) is 0.533. The topological polar surface area (TPSA) is 68.8 Å². The summed E-state index contributed by atoms with van der Waals surface area (Å²) in [7, 11) is 2.23. The van der Waals surface area contributed by atoms with Gasteiger partial charge in [0, 0.05) is 40.5 Å². The molecule has 0 saturated heterocycles. The zero-order chi connectivity index (χ0) is 16.3. The Morgan fingerprint density at radius 2 is 1.59 bits per heavy atom. The summed E-state index contributed by atoms with van der Waals surface area (Å²) in [6, 6.07) is 10.6. The van der Waals surface area contributed by atoms with E-state index in [9.17, 15) is 4.79 Å². The van der Waals surface area contributed by atoms with E-state index in [-0.39, 0.29) is 6.03 Å². The summed E-state index contributed by atoms with van der Waals surface area (Å²) in [4.78, 5) is 11.7. The normalized spacial score (nSPS) is 11.2. The highest BCUT2D eigenvalue weighted by Crippen LogP contribution is 2.14. The summed E-state index contributed by atoms with van der Waals surface area (Å²) in [5.41, 5.74) is 1.21. The van der Waals surface area contributed by atoms with Crippen LogP contribution in [0.15, 0.2) is 30.3 Å². The zero-order valence-corrected chi connectivity index (χ0v) is 14.6. The van der Waals surface area contributed by atoms with E-state index in [0.717, 1.165) is 12.8 Å². The second kappa shape index (κ2) is 10.3. The van der Waals surface area contributed by atoms with Crippen molar-refractivity contribution in [2.75, 3.05) is 34.4 Å². The van der Waals surface area contributed by atoms with Crippen molar-refractivity contribution < 1.29 is 18.1 Å². The van der Waals surface area contributed by atoms with E-state index in [1.165, 1.54) is 5.56 Å². The summed E-state index contributed by atoms with van der Waals surface area (Å²) in [5, 5.41) is 5.66. The number of hydrogen-bond acceptors (Lipinski definition) is 4. The van der Waals surface area contributed by atoms with E-state index >= 15 is 0 Å². The molecule has 0 unspecified atom stereocenters. The highest BCUT2D eigenvalue weighted by molar-refractivity contribution is 6.60. The SMILES string of the molecule is CO[Si](CCCNC(=O)NCCc1ccccc1)(OC)OC. The van der Waals surface area contributed by atoms with Crippen molar-refractivity contribution in [2.45, 2.75) is 18.9 Å². The number of rotatable bonds is 10. The average molecular weight is 326 g/mol. The Morgan fingerprint density at radius 1 is 1.00 bits per heavy atom. The predicted molar refractivity (Wildman–Crippen MR) is 87.8 cm³/mol. The van der Waals surface area contributed by atoms with Gasteiger partial charge in [-0.15, -0.1) is 0 Å². The van der Waals surface area contributed by atoms with Gasteiger partial charge in [-0.1, -0.05) is 30.3 Å². The van der Waals surface area contributed by atoms with Gasteiger partial charge in [0.1, 0.15) is 0 Å². The van der Waals surface area contributed by atoms with Crippen LogP contribution in [0.1, 0.15) is 12.0 Å². The number of benzene rings is 1. The van der Waals surface area contributed by atoms with Gasteiger partial charge in [-0.3, -0.25) is 0 Å². The number of hydrogen-bond donors (Lipinski definition) is 2. The summed E-state index contributed by atoms with van der Waals surface area (Å²) in [5.74, 6) is 0. The van der Waals surface area contributed by atoms with Gasteiger partial charge in [0.15, 0.2) is 0 Å². The zero-order valence-electron chi connectivity index (χ0n) is 13.6. The fourth-order valence-electron chi connectivity index (χ4n) is 2.09. The third-order valence-corrected chi connectivity index (χ3v) is 6.25. The van der Waals surface area contributed by atoms with E-state index < -0.39 is 8.80 Å². The highest BCUT2D eigenvalue weighted by atomic mass is 28.4. The van der Waals surface area contributed by atoms with Crippen LogP contribution in [-0.4, -0.2) is 49.3 Å². The first-order valence-electron chi connectivity index (χ1n) is 7.37. The molecule has 1 aromatic rings. The third-order valence-electron chi connectivity index (χ3n) is 3.42. The van der Waals surface area contributed by atoms with Crippen LogP contribution in [0.25, 0.3) is 0 Å². The van der Waals surface area contributed by atoms with Gasteiger partial charge in [0.25, 0.3) is 0 Å². The molecule has 0 aliphatic rings. The Morgan fingerprint density at radius 3 is 2.18 bits per heavy atom. The molecule has 0 heterocycles. The molecule has 22 heavy (non-hydrogen) atoms. The van der Waals surface area contributed by atoms with Gasteiger partial charge >= 0.3 is 14.8 Å². The van der Waals surface area contributed by atoms with Crippen molar-refractivity contribution >= 4 is 14.8 Å². The number of amides is 2. The lowest BCUT2D eigenvalue weighted by Crippen LogP contribution is -2.44. The minimum atomic E-state index is -2.53. The Bertz CT molecular complexity index is 419. The van der Waals surface area contributed by atoms with Crippen molar-refractivity contribution in [2.24, 2.45) is 0 Å². The van der Waals surface area contributed by atoms with Crippen LogP contribution in [0.4, 0.5) is 4.79 Å².